The summed E-state index contributed by atoms with van der Waals surface area (Å²) in [4.78, 5) is 26.9. The van der Waals surface area contributed by atoms with E-state index < -0.39 is 5.76 Å². The monoisotopic (exact) mass is 481 g/mol. The SMILES string of the molecule is Cc1cc(C)nc(N/N=C/c2c(Nc3ccc(SC(F)F)cc3)nc3c(C)cccn3c2=O)n1. The van der Waals surface area contributed by atoms with Gasteiger partial charge in [0.2, 0.25) is 5.95 Å². The van der Waals surface area contributed by atoms with Gasteiger partial charge in [-0.05, 0) is 62.7 Å². The number of pyridine rings is 1. The van der Waals surface area contributed by atoms with Crippen LogP contribution in [0.1, 0.15) is 22.5 Å². The van der Waals surface area contributed by atoms with Crippen LogP contribution in [0.3, 0.4) is 0 Å². The number of nitrogens with zero attached hydrogens (tertiary/aromatic N) is 5. The highest BCUT2D eigenvalue weighted by atomic mass is 32.2. The number of hydrogen-bond donors (Lipinski definition) is 2. The summed E-state index contributed by atoms with van der Waals surface area (Å²) in [7, 11) is 0. The van der Waals surface area contributed by atoms with E-state index in [1.54, 1.807) is 36.5 Å². The number of halogens is 2. The van der Waals surface area contributed by atoms with Crippen LogP contribution in [0.5, 0.6) is 0 Å². The Hall–Kier alpha value is -3.86. The van der Waals surface area contributed by atoms with Crippen molar-refractivity contribution in [3.05, 3.63) is 81.5 Å². The largest absolute Gasteiger partial charge is 0.339 e. The first-order valence-corrected chi connectivity index (χ1v) is 11.1. The molecule has 0 radical (unpaired) electrons. The molecule has 0 saturated heterocycles. The highest BCUT2D eigenvalue weighted by Crippen LogP contribution is 2.27. The van der Waals surface area contributed by atoms with Crippen molar-refractivity contribution < 1.29 is 8.78 Å². The fraction of sp³-hybridized carbons (Fsp3) is 0.174. The number of alkyl halides is 2. The lowest BCUT2D eigenvalue weighted by Crippen LogP contribution is -2.22. The maximum atomic E-state index is 13.3. The van der Waals surface area contributed by atoms with Crippen LogP contribution in [-0.4, -0.2) is 31.3 Å². The van der Waals surface area contributed by atoms with Gasteiger partial charge in [0, 0.05) is 28.2 Å². The summed E-state index contributed by atoms with van der Waals surface area (Å²) in [6.45, 7) is 5.55. The Labute approximate surface area is 198 Å². The van der Waals surface area contributed by atoms with Crippen LogP contribution in [0.4, 0.5) is 26.2 Å². The van der Waals surface area contributed by atoms with E-state index in [4.69, 9.17) is 0 Å². The molecule has 2 N–H and O–H groups in total. The van der Waals surface area contributed by atoms with Gasteiger partial charge in [0.05, 0.1) is 6.21 Å². The Morgan fingerprint density at radius 3 is 2.44 bits per heavy atom. The molecule has 8 nitrogen and oxygen atoms in total. The van der Waals surface area contributed by atoms with Gasteiger partial charge in [-0.1, -0.05) is 17.8 Å². The van der Waals surface area contributed by atoms with E-state index in [0.29, 0.717) is 33.9 Å². The van der Waals surface area contributed by atoms with Crippen molar-refractivity contribution in [3.63, 3.8) is 0 Å². The predicted octanol–water partition coefficient (Wildman–Crippen LogP) is 4.91. The van der Waals surface area contributed by atoms with Crippen LogP contribution in [-0.2, 0) is 0 Å². The highest BCUT2D eigenvalue weighted by Gasteiger charge is 2.13. The van der Waals surface area contributed by atoms with Gasteiger partial charge in [0.15, 0.2) is 0 Å². The molecule has 0 bridgehead atoms. The van der Waals surface area contributed by atoms with E-state index in [9.17, 15) is 13.6 Å². The van der Waals surface area contributed by atoms with Crippen molar-refractivity contribution in [2.75, 3.05) is 10.7 Å². The quantitative estimate of drug-likeness (QED) is 0.220. The van der Waals surface area contributed by atoms with Crippen molar-refractivity contribution in [1.29, 1.82) is 0 Å². The van der Waals surface area contributed by atoms with E-state index >= 15 is 0 Å². The fourth-order valence-electron chi connectivity index (χ4n) is 3.31. The van der Waals surface area contributed by atoms with Gasteiger partial charge in [-0.15, -0.1) is 0 Å². The minimum Gasteiger partial charge on any atom is -0.339 e. The van der Waals surface area contributed by atoms with Gasteiger partial charge < -0.3 is 5.32 Å². The maximum Gasteiger partial charge on any atom is 0.288 e. The van der Waals surface area contributed by atoms with Crippen molar-refractivity contribution in [2.24, 2.45) is 5.10 Å². The number of aryl methyl sites for hydroxylation is 3. The standard InChI is InChI=1S/C23H21F2N7OS/c1-13-5-4-10-32-20(13)30-19(29-16-6-8-17(9-7-16)34-22(24)25)18(21(32)33)12-26-31-23-27-14(2)11-15(3)28-23/h4-12,22,29H,1-3H3,(H,27,28,31)/b26-12+. The third-order valence-corrected chi connectivity index (χ3v) is 5.49. The maximum absolute atomic E-state index is 13.3. The molecule has 0 saturated carbocycles. The molecule has 4 rings (SSSR count). The summed E-state index contributed by atoms with van der Waals surface area (Å²) >= 11 is 0.462. The zero-order valence-electron chi connectivity index (χ0n) is 18.6. The normalized spacial score (nSPS) is 11.5. The molecule has 0 aliphatic rings. The van der Waals surface area contributed by atoms with Crippen LogP contribution in [0.25, 0.3) is 5.65 Å². The van der Waals surface area contributed by atoms with Gasteiger partial charge in [0.1, 0.15) is 17.0 Å². The average Bonchev–Trinajstić information content (AvgIpc) is 2.77. The molecule has 0 atom stereocenters. The van der Waals surface area contributed by atoms with Gasteiger partial charge in [-0.3, -0.25) is 9.20 Å². The Morgan fingerprint density at radius 2 is 1.76 bits per heavy atom. The van der Waals surface area contributed by atoms with Crippen LogP contribution < -0.4 is 16.3 Å². The number of fused-ring (bicyclic) bond motifs is 1. The Morgan fingerprint density at radius 1 is 1.06 bits per heavy atom. The Bertz CT molecular complexity index is 1400. The minimum absolute atomic E-state index is 0.200. The molecular weight excluding hydrogens is 460 g/mol. The second kappa shape index (κ2) is 9.96. The van der Waals surface area contributed by atoms with Crippen molar-refractivity contribution >= 4 is 41.1 Å². The van der Waals surface area contributed by atoms with Crippen molar-refractivity contribution in [2.45, 2.75) is 31.4 Å². The third kappa shape index (κ3) is 5.37. The van der Waals surface area contributed by atoms with Crippen LogP contribution in [0.2, 0.25) is 0 Å². The third-order valence-electron chi connectivity index (χ3n) is 4.77. The molecule has 0 amide bonds. The van der Waals surface area contributed by atoms with Crippen LogP contribution in [0.15, 0.2) is 63.5 Å². The van der Waals surface area contributed by atoms with Crippen LogP contribution >= 0.6 is 11.8 Å². The second-order valence-electron chi connectivity index (χ2n) is 7.44. The van der Waals surface area contributed by atoms with E-state index in [2.05, 4.69) is 30.8 Å². The summed E-state index contributed by atoms with van der Waals surface area (Å²) in [5, 5.41) is 7.26. The number of anilines is 3. The van der Waals surface area contributed by atoms with E-state index in [1.165, 1.54) is 10.6 Å². The van der Waals surface area contributed by atoms with Gasteiger partial charge in [-0.2, -0.15) is 13.9 Å². The number of rotatable bonds is 7. The molecule has 0 fully saturated rings. The molecule has 3 heterocycles. The number of hydrogen-bond acceptors (Lipinski definition) is 8. The first-order chi connectivity index (χ1) is 16.3. The number of benzene rings is 1. The number of thioether (sulfide) groups is 1. The van der Waals surface area contributed by atoms with Gasteiger partial charge in [0.25, 0.3) is 11.3 Å². The summed E-state index contributed by atoms with van der Waals surface area (Å²) in [5.74, 6) is -1.92. The lowest BCUT2D eigenvalue weighted by molar-refractivity contribution is 0.252. The summed E-state index contributed by atoms with van der Waals surface area (Å²) in [6.07, 6.45) is 2.99. The topological polar surface area (TPSA) is 96.6 Å². The predicted molar refractivity (Wildman–Crippen MR) is 131 cm³/mol. The molecule has 11 heteroatoms. The molecule has 0 aliphatic heterocycles. The average molecular weight is 482 g/mol. The molecule has 4 aromatic rings. The van der Waals surface area contributed by atoms with Gasteiger partial charge >= 0.3 is 0 Å². The van der Waals surface area contributed by atoms with Crippen molar-refractivity contribution in [3.8, 4) is 0 Å². The molecule has 1 aromatic carbocycles. The number of nitrogens with one attached hydrogen (secondary N) is 2. The lowest BCUT2D eigenvalue weighted by Gasteiger charge is -2.12. The van der Waals surface area contributed by atoms with Gasteiger partial charge in [-0.25, -0.2) is 20.4 Å². The molecular formula is C23H21F2N7OS. The van der Waals surface area contributed by atoms with Crippen molar-refractivity contribution in [1.82, 2.24) is 19.4 Å². The number of aromatic nitrogens is 4. The zero-order chi connectivity index (χ0) is 24.2. The van der Waals surface area contributed by atoms with E-state index in [-0.39, 0.29) is 16.9 Å². The molecule has 0 spiro atoms. The zero-order valence-corrected chi connectivity index (χ0v) is 19.4. The lowest BCUT2D eigenvalue weighted by atomic mass is 10.2. The van der Waals surface area contributed by atoms with Crippen LogP contribution in [0, 0.1) is 20.8 Å². The highest BCUT2D eigenvalue weighted by molar-refractivity contribution is 7.99. The Balaban J connectivity index is 1.71. The summed E-state index contributed by atoms with van der Waals surface area (Å²) in [6, 6.07) is 11.9. The summed E-state index contributed by atoms with van der Waals surface area (Å²) < 4.78 is 26.7. The molecule has 0 aliphatic carbocycles. The summed E-state index contributed by atoms with van der Waals surface area (Å²) in [5.41, 5.74) is 6.08. The second-order valence-corrected chi connectivity index (χ2v) is 8.50. The smallest absolute Gasteiger partial charge is 0.288 e. The molecule has 34 heavy (non-hydrogen) atoms. The van der Waals surface area contributed by atoms with E-state index in [0.717, 1.165) is 17.0 Å². The minimum atomic E-state index is -2.50. The number of hydrazone groups is 1. The fourth-order valence-corrected chi connectivity index (χ4v) is 3.81. The molecule has 0 unspecified atom stereocenters. The van der Waals surface area contributed by atoms with E-state index in [1.807, 2.05) is 32.9 Å². The molecule has 174 valence electrons. The Kier molecular flexibility index (Phi) is 6.82. The molecule has 3 aromatic heterocycles. The first kappa shape index (κ1) is 23.3. The first-order valence-electron chi connectivity index (χ1n) is 10.3.